The van der Waals surface area contributed by atoms with E-state index in [4.69, 9.17) is 4.74 Å². The third-order valence-electron chi connectivity index (χ3n) is 6.38. The Balaban J connectivity index is 1.36. The molecule has 162 valence electrons. The van der Waals surface area contributed by atoms with E-state index in [-0.39, 0.29) is 19.1 Å². The minimum atomic E-state index is -1.24. The predicted molar refractivity (Wildman–Crippen MR) is 115 cm³/mol. The van der Waals surface area contributed by atoms with Gasteiger partial charge in [-0.1, -0.05) is 48.5 Å². The maximum Gasteiger partial charge on any atom is 0.407 e. The van der Waals surface area contributed by atoms with Crippen molar-refractivity contribution < 1.29 is 24.2 Å². The van der Waals surface area contributed by atoms with Gasteiger partial charge in [-0.3, -0.25) is 4.79 Å². The van der Waals surface area contributed by atoms with Gasteiger partial charge in [0.1, 0.15) is 18.7 Å². The number of hydrogen-bond donors (Lipinski definition) is 2. The average molecular weight is 422 g/mol. The number of nitrogens with one attached hydrogen (secondary N) is 1. The lowest BCUT2D eigenvalue weighted by Gasteiger charge is -2.41. The molecule has 2 amide bonds. The Bertz CT molecular complexity index is 975. The number of carboxylic acids is 1. The van der Waals surface area contributed by atoms with Crippen molar-refractivity contribution in [1.29, 1.82) is 0 Å². The van der Waals surface area contributed by atoms with Crippen LogP contribution in [-0.2, 0) is 14.3 Å². The number of rotatable bonds is 5. The Labute approximate surface area is 181 Å². The second-order valence-corrected chi connectivity index (χ2v) is 8.26. The van der Waals surface area contributed by atoms with Crippen LogP contribution in [-0.4, -0.2) is 53.2 Å². The molecule has 7 heteroatoms. The number of aliphatic carboxylic acids is 1. The number of likely N-dealkylation sites (tertiary alicyclic amines) is 1. The summed E-state index contributed by atoms with van der Waals surface area (Å²) >= 11 is 0. The highest BCUT2D eigenvalue weighted by molar-refractivity contribution is 5.89. The van der Waals surface area contributed by atoms with Crippen LogP contribution in [0.2, 0.25) is 0 Å². The van der Waals surface area contributed by atoms with Gasteiger partial charge >= 0.3 is 12.1 Å². The number of piperidine rings is 1. The van der Waals surface area contributed by atoms with E-state index in [0.29, 0.717) is 13.0 Å². The first-order valence-corrected chi connectivity index (χ1v) is 10.5. The van der Waals surface area contributed by atoms with E-state index in [2.05, 4.69) is 17.4 Å². The Hall–Kier alpha value is -3.35. The topological polar surface area (TPSA) is 95.9 Å². The number of benzene rings is 2. The van der Waals surface area contributed by atoms with Crippen LogP contribution in [0.3, 0.4) is 0 Å². The van der Waals surface area contributed by atoms with Crippen molar-refractivity contribution in [3.05, 3.63) is 59.7 Å². The molecule has 0 saturated carbocycles. The second kappa shape index (κ2) is 8.41. The summed E-state index contributed by atoms with van der Waals surface area (Å²) in [6.45, 7) is 1.79. The van der Waals surface area contributed by atoms with E-state index < -0.39 is 23.5 Å². The molecule has 7 nitrogen and oxygen atoms in total. The Morgan fingerprint density at radius 3 is 2.29 bits per heavy atom. The molecule has 0 spiro atoms. The summed E-state index contributed by atoms with van der Waals surface area (Å²) in [7, 11) is 0. The fourth-order valence-corrected chi connectivity index (χ4v) is 4.64. The Morgan fingerprint density at radius 2 is 1.68 bits per heavy atom. The van der Waals surface area contributed by atoms with Crippen LogP contribution in [0.15, 0.2) is 48.5 Å². The third-order valence-corrected chi connectivity index (χ3v) is 6.38. The van der Waals surface area contributed by atoms with E-state index in [9.17, 15) is 19.5 Å². The molecule has 1 atom stereocenters. The molecule has 1 aliphatic heterocycles. The fraction of sp³-hybridized carbons (Fsp3) is 0.375. The van der Waals surface area contributed by atoms with Gasteiger partial charge in [-0.2, -0.15) is 0 Å². The highest BCUT2D eigenvalue weighted by Gasteiger charge is 2.43. The standard InChI is InChI=1S/C24H26N2O5/c1-24(22(28)29)12-6-7-13-26(24)21(27)14-25-23(30)31-15-20-18-10-4-2-8-16(18)17-9-3-5-11-19(17)20/h2-5,8-11,20H,6-7,12-15H2,1H3,(H,25,30)(H,28,29). The first-order valence-electron chi connectivity index (χ1n) is 10.5. The molecule has 31 heavy (non-hydrogen) atoms. The highest BCUT2D eigenvalue weighted by Crippen LogP contribution is 2.44. The summed E-state index contributed by atoms with van der Waals surface area (Å²) in [5, 5.41) is 12.0. The van der Waals surface area contributed by atoms with Crippen molar-refractivity contribution in [3.8, 4) is 11.1 Å². The van der Waals surface area contributed by atoms with Gasteiger partial charge in [0.25, 0.3) is 0 Å². The summed E-state index contributed by atoms with van der Waals surface area (Å²) in [6, 6.07) is 16.1. The molecule has 2 N–H and O–H groups in total. The third kappa shape index (κ3) is 3.87. The van der Waals surface area contributed by atoms with Crippen molar-refractivity contribution in [2.75, 3.05) is 19.7 Å². The lowest BCUT2D eigenvalue weighted by Crippen LogP contribution is -2.59. The van der Waals surface area contributed by atoms with Crippen LogP contribution in [0.5, 0.6) is 0 Å². The van der Waals surface area contributed by atoms with E-state index in [1.807, 2.05) is 36.4 Å². The summed E-state index contributed by atoms with van der Waals surface area (Å²) in [5.41, 5.74) is 3.26. The van der Waals surface area contributed by atoms with Gasteiger partial charge in [0, 0.05) is 12.5 Å². The van der Waals surface area contributed by atoms with E-state index in [0.717, 1.165) is 35.1 Å². The highest BCUT2D eigenvalue weighted by atomic mass is 16.5. The van der Waals surface area contributed by atoms with E-state index in [1.165, 1.54) is 4.90 Å². The van der Waals surface area contributed by atoms with Gasteiger partial charge in [-0.05, 0) is 48.4 Å². The number of amides is 2. The predicted octanol–water partition coefficient (Wildman–Crippen LogP) is 3.38. The summed E-state index contributed by atoms with van der Waals surface area (Å²) in [5.74, 6) is -1.51. The van der Waals surface area contributed by atoms with Crippen molar-refractivity contribution in [1.82, 2.24) is 10.2 Å². The van der Waals surface area contributed by atoms with Crippen molar-refractivity contribution in [3.63, 3.8) is 0 Å². The number of nitrogens with zero attached hydrogens (tertiary/aromatic N) is 1. The number of ether oxygens (including phenoxy) is 1. The normalized spacial score (nSPS) is 20.0. The molecule has 1 aliphatic carbocycles. The van der Waals surface area contributed by atoms with Crippen LogP contribution < -0.4 is 5.32 Å². The number of hydrogen-bond acceptors (Lipinski definition) is 4. The smallest absolute Gasteiger partial charge is 0.407 e. The largest absolute Gasteiger partial charge is 0.480 e. The van der Waals surface area contributed by atoms with Gasteiger partial charge in [-0.15, -0.1) is 0 Å². The van der Waals surface area contributed by atoms with Crippen molar-refractivity contribution >= 4 is 18.0 Å². The number of alkyl carbamates (subject to hydrolysis) is 1. The average Bonchev–Trinajstić information content (AvgIpc) is 3.10. The number of fused-ring (bicyclic) bond motifs is 3. The van der Waals surface area contributed by atoms with Gasteiger partial charge in [0.05, 0.1) is 0 Å². The van der Waals surface area contributed by atoms with Crippen LogP contribution in [0.1, 0.15) is 43.2 Å². The van der Waals surface area contributed by atoms with E-state index in [1.54, 1.807) is 6.92 Å². The zero-order valence-corrected chi connectivity index (χ0v) is 17.5. The molecular formula is C24H26N2O5. The van der Waals surface area contributed by atoms with Crippen LogP contribution in [0.25, 0.3) is 11.1 Å². The summed E-state index contributed by atoms with van der Waals surface area (Å²) in [6.07, 6.45) is 1.22. The minimum Gasteiger partial charge on any atom is -0.480 e. The first kappa shape index (κ1) is 20.9. The minimum absolute atomic E-state index is 0.0637. The van der Waals surface area contributed by atoms with Crippen LogP contribution in [0, 0.1) is 0 Å². The molecule has 2 aromatic carbocycles. The molecule has 1 saturated heterocycles. The van der Waals surface area contributed by atoms with Gasteiger partial charge in [-0.25, -0.2) is 9.59 Å². The summed E-state index contributed by atoms with van der Waals surface area (Å²) < 4.78 is 5.44. The van der Waals surface area contributed by atoms with E-state index >= 15 is 0 Å². The maximum atomic E-state index is 12.6. The molecule has 2 aromatic rings. The number of carboxylic acid groups (broad SMARTS) is 1. The molecule has 0 radical (unpaired) electrons. The second-order valence-electron chi connectivity index (χ2n) is 8.26. The lowest BCUT2D eigenvalue weighted by molar-refractivity contribution is -0.160. The maximum absolute atomic E-state index is 12.6. The SMILES string of the molecule is CC1(C(=O)O)CCCCN1C(=O)CNC(=O)OCC1c2ccccc2-c2ccccc21. The molecule has 0 bridgehead atoms. The lowest BCUT2D eigenvalue weighted by atomic mass is 9.88. The zero-order chi connectivity index (χ0) is 22.0. The summed E-state index contributed by atoms with van der Waals surface area (Å²) in [4.78, 5) is 37.9. The quantitative estimate of drug-likeness (QED) is 0.770. The molecule has 1 unspecified atom stereocenters. The van der Waals surface area contributed by atoms with Crippen LogP contribution in [0.4, 0.5) is 4.79 Å². The Kier molecular flexibility index (Phi) is 5.67. The molecular weight excluding hydrogens is 396 g/mol. The monoisotopic (exact) mass is 422 g/mol. The first-order chi connectivity index (χ1) is 14.9. The van der Waals surface area contributed by atoms with Crippen molar-refractivity contribution in [2.24, 2.45) is 0 Å². The zero-order valence-electron chi connectivity index (χ0n) is 17.5. The van der Waals surface area contributed by atoms with Gasteiger partial charge in [0.15, 0.2) is 0 Å². The number of carbonyl (C=O) groups excluding carboxylic acids is 2. The van der Waals surface area contributed by atoms with Gasteiger partial charge < -0.3 is 20.1 Å². The van der Waals surface area contributed by atoms with Crippen LogP contribution >= 0.6 is 0 Å². The number of carbonyl (C=O) groups is 3. The molecule has 1 heterocycles. The Morgan fingerprint density at radius 1 is 1.06 bits per heavy atom. The molecule has 4 rings (SSSR count). The fourth-order valence-electron chi connectivity index (χ4n) is 4.64. The van der Waals surface area contributed by atoms with Gasteiger partial charge in [0.2, 0.25) is 5.91 Å². The van der Waals surface area contributed by atoms with Crippen molar-refractivity contribution in [2.45, 2.75) is 37.6 Å². The molecule has 2 aliphatic rings. The molecule has 1 fully saturated rings. The molecule has 0 aromatic heterocycles.